The maximum atomic E-state index is 2.67. The Morgan fingerprint density at radius 2 is 1.17 bits per heavy atom. The van der Waals surface area contributed by atoms with Crippen LogP contribution in [-0.2, 0) is 0 Å². The topological polar surface area (TPSA) is 6.48 Å². The van der Waals surface area contributed by atoms with Gasteiger partial charge in [-0.05, 0) is 56.6 Å². The SMILES string of the molecule is CC.CC.CC.CC(C)C.CC(C)N1CCN2CCCC2C1.CC(C)c1ccccc1.CCC(C)C. The molecule has 2 heterocycles. The van der Waals surface area contributed by atoms with Crippen LogP contribution in [0.3, 0.4) is 0 Å². The molecule has 2 aliphatic heterocycles. The largest absolute Gasteiger partial charge is 0.298 e. The maximum absolute atomic E-state index is 2.67. The zero-order valence-electron chi connectivity index (χ0n) is 28.1. The van der Waals surface area contributed by atoms with Gasteiger partial charge in [0.2, 0.25) is 0 Å². The number of piperazine rings is 1. The summed E-state index contributed by atoms with van der Waals surface area (Å²) in [6, 6.07) is 12.2. The van der Waals surface area contributed by atoms with Gasteiger partial charge in [0.05, 0.1) is 0 Å². The molecule has 0 saturated carbocycles. The van der Waals surface area contributed by atoms with Gasteiger partial charge in [-0.25, -0.2) is 0 Å². The Morgan fingerprint density at radius 3 is 1.50 bits per heavy atom. The van der Waals surface area contributed by atoms with Crippen LogP contribution in [0.2, 0.25) is 0 Å². The van der Waals surface area contributed by atoms with Crippen molar-refractivity contribution in [3.63, 3.8) is 0 Å². The number of fused-ring (bicyclic) bond motifs is 1. The summed E-state index contributed by atoms with van der Waals surface area (Å²) >= 11 is 0. The van der Waals surface area contributed by atoms with Gasteiger partial charge in [-0.3, -0.25) is 9.80 Å². The molecule has 0 aliphatic carbocycles. The summed E-state index contributed by atoms with van der Waals surface area (Å²) in [6.07, 6.45) is 4.17. The van der Waals surface area contributed by atoms with Gasteiger partial charge in [-0.1, -0.05) is 134 Å². The molecule has 3 rings (SSSR count). The Labute approximate surface area is 231 Å². The van der Waals surface area contributed by atoms with Gasteiger partial charge in [0, 0.05) is 31.7 Å². The second kappa shape index (κ2) is 30.4. The zero-order valence-corrected chi connectivity index (χ0v) is 28.1. The standard InChI is InChI=1S/C10H20N2.C9H12.C5H12.C4H10.3C2H6/c1-9(2)12-7-6-11-5-3-4-10(11)8-12;1-8(2)9-6-4-3-5-7-9;1-4-5(2)3;1-4(2)3;3*1-2/h9-10H,3-8H2,1-2H3;3-8H,1-2H3;5H,4H2,1-3H3;4H,1-3H3;3*1-2H3. The molecule has 0 N–H and O–H groups in total. The lowest BCUT2D eigenvalue weighted by Gasteiger charge is -2.39. The van der Waals surface area contributed by atoms with Crippen molar-refractivity contribution >= 4 is 0 Å². The Balaban J connectivity index is -0.000000190. The van der Waals surface area contributed by atoms with E-state index in [0.717, 1.165) is 23.9 Å². The lowest BCUT2D eigenvalue weighted by atomic mass is 10.0. The van der Waals surface area contributed by atoms with Crippen molar-refractivity contribution in [3.05, 3.63) is 35.9 Å². The maximum Gasteiger partial charge on any atom is 0.0224 e. The van der Waals surface area contributed by atoms with Crippen molar-refractivity contribution in [3.8, 4) is 0 Å². The highest BCUT2D eigenvalue weighted by molar-refractivity contribution is 5.17. The second-order valence-electron chi connectivity index (χ2n) is 10.5. The molecule has 1 unspecified atom stereocenters. The van der Waals surface area contributed by atoms with E-state index in [2.05, 4.69) is 103 Å². The highest BCUT2D eigenvalue weighted by Gasteiger charge is 2.30. The number of benzene rings is 1. The van der Waals surface area contributed by atoms with Crippen molar-refractivity contribution < 1.29 is 0 Å². The normalized spacial score (nSPS) is 16.3. The van der Waals surface area contributed by atoms with Gasteiger partial charge in [0.25, 0.3) is 0 Å². The van der Waals surface area contributed by atoms with Gasteiger partial charge in [-0.15, -0.1) is 0 Å². The smallest absolute Gasteiger partial charge is 0.0224 e. The van der Waals surface area contributed by atoms with Crippen LogP contribution in [0.25, 0.3) is 0 Å². The van der Waals surface area contributed by atoms with E-state index in [1.165, 1.54) is 51.0 Å². The van der Waals surface area contributed by atoms with Crippen molar-refractivity contribution in [2.24, 2.45) is 11.8 Å². The second-order valence-corrected chi connectivity index (χ2v) is 10.5. The average molecular weight is 509 g/mol. The summed E-state index contributed by atoms with van der Waals surface area (Å²) in [5, 5.41) is 0. The third-order valence-corrected chi connectivity index (χ3v) is 5.63. The van der Waals surface area contributed by atoms with Crippen LogP contribution in [0, 0.1) is 11.8 Å². The Hall–Kier alpha value is -0.860. The van der Waals surface area contributed by atoms with E-state index in [-0.39, 0.29) is 0 Å². The van der Waals surface area contributed by atoms with Crippen LogP contribution in [-0.4, -0.2) is 48.1 Å². The molecule has 1 atom stereocenters. The molecule has 1 aromatic rings. The number of hydrogen-bond donors (Lipinski definition) is 0. The molecule has 0 aromatic heterocycles. The van der Waals surface area contributed by atoms with Crippen molar-refractivity contribution in [2.75, 3.05) is 26.2 Å². The predicted molar refractivity (Wildman–Crippen MR) is 172 cm³/mol. The monoisotopic (exact) mass is 509 g/mol. The van der Waals surface area contributed by atoms with E-state index in [1.54, 1.807) is 0 Å². The summed E-state index contributed by atoms with van der Waals surface area (Å²) in [7, 11) is 0. The van der Waals surface area contributed by atoms with E-state index in [1.807, 2.05) is 47.6 Å². The van der Waals surface area contributed by atoms with Crippen LogP contribution >= 0.6 is 0 Å². The number of hydrogen-bond acceptors (Lipinski definition) is 2. The van der Waals surface area contributed by atoms with Gasteiger partial charge in [0.15, 0.2) is 0 Å². The molecule has 2 fully saturated rings. The van der Waals surface area contributed by atoms with Crippen LogP contribution in [0.1, 0.15) is 142 Å². The van der Waals surface area contributed by atoms with Gasteiger partial charge in [-0.2, -0.15) is 0 Å². The Kier molecular flexibility index (Phi) is 35.6. The summed E-state index contributed by atoms with van der Waals surface area (Å²) in [6.45, 7) is 39.4. The van der Waals surface area contributed by atoms with Crippen LogP contribution in [0.4, 0.5) is 0 Å². The fourth-order valence-corrected chi connectivity index (χ4v) is 3.32. The molecule has 2 heteroatoms. The van der Waals surface area contributed by atoms with E-state index in [4.69, 9.17) is 0 Å². The highest BCUT2D eigenvalue weighted by Crippen LogP contribution is 2.22. The molecule has 2 saturated heterocycles. The molecule has 0 amide bonds. The first-order valence-corrected chi connectivity index (χ1v) is 15.6. The van der Waals surface area contributed by atoms with Crippen LogP contribution < -0.4 is 0 Å². The minimum Gasteiger partial charge on any atom is -0.298 e. The first kappa shape index (κ1) is 42.2. The molecule has 218 valence electrons. The zero-order chi connectivity index (χ0) is 29.1. The van der Waals surface area contributed by atoms with E-state index in [0.29, 0.717) is 5.92 Å². The molecule has 1 aromatic carbocycles. The molecular weight excluding hydrogens is 436 g/mol. The summed E-state index contributed by atoms with van der Waals surface area (Å²) in [5.41, 5.74) is 1.41. The molecule has 2 nitrogen and oxygen atoms in total. The van der Waals surface area contributed by atoms with E-state index in [9.17, 15) is 0 Å². The number of nitrogens with zero attached hydrogens (tertiary/aromatic N) is 2. The van der Waals surface area contributed by atoms with E-state index < -0.39 is 0 Å². The Morgan fingerprint density at radius 1 is 0.722 bits per heavy atom. The number of rotatable bonds is 3. The predicted octanol–water partition coefficient (Wildman–Crippen LogP) is 10.8. The quantitative estimate of drug-likeness (QED) is 0.400. The first-order chi connectivity index (χ1) is 17.1. The molecule has 0 bridgehead atoms. The first-order valence-electron chi connectivity index (χ1n) is 15.6. The molecule has 0 radical (unpaired) electrons. The van der Waals surface area contributed by atoms with Crippen molar-refractivity contribution in [2.45, 2.75) is 148 Å². The van der Waals surface area contributed by atoms with Crippen LogP contribution in [0.15, 0.2) is 30.3 Å². The summed E-state index contributed by atoms with van der Waals surface area (Å²) in [5.74, 6) is 2.38. The van der Waals surface area contributed by atoms with Crippen molar-refractivity contribution in [1.82, 2.24) is 9.80 Å². The fourth-order valence-electron chi connectivity index (χ4n) is 3.32. The van der Waals surface area contributed by atoms with Gasteiger partial charge >= 0.3 is 0 Å². The minimum absolute atomic E-state index is 0.659. The van der Waals surface area contributed by atoms with Crippen LogP contribution in [0.5, 0.6) is 0 Å². The lowest BCUT2D eigenvalue weighted by Crippen LogP contribution is -2.52. The van der Waals surface area contributed by atoms with Gasteiger partial charge in [0.1, 0.15) is 0 Å². The third kappa shape index (κ3) is 26.2. The molecule has 2 aliphatic rings. The fraction of sp³-hybridized carbons (Fsp3) is 0.824. The van der Waals surface area contributed by atoms with E-state index >= 15 is 0 Å². The molecule has 36 heavy (non-hydrogen) atoms. The molecule has 0 spiro atoms. The highest BCUT2D eigenvalue weighted by atomic mass is 15.3. The molecular formula is C34H72N2. The van der Waals surface area contributed by atoms with Gasteiger partial charge < -0.3 is 0 Å². The summed E-state index contributed by atoms with van der Waals surface area (Å²) < 4.78 is 0. The summed E-state index contributed by atoms with van der Waals surface area (Å²) in [4.78, 5) is 5.28. The minimum atomic E-state index is 0.659. The third-order valence-electron chi connectivity index (χ3n) is 5.63. The lowest BCUT2D eigenvalue weighted by molar-refractivity contribution is 0.0827. The Bertz CT molecular complexity index is 490. The average Bonchev–Trinajstić information content (AvgIpc) is 3.37. The van der Waals surface area contributed by atoms with Crippen molar-refractivity contribution in [1.29, 1.82) is 0 Å².